The van der Waals surface area contributed by atoms with Crippen LogP contribution in [0.4, 0.5) is 0 Å². The summed E-state index contributed by atoms with van der Waals surface area (Å²) in [5, 5.41) is 9.52. The maximum Gasteiger partial charge on any atom is 0.0522 e. The van der Waals surface area contributed by atoms with E-state index >= 15 is 0 Å². The second-order valence-electron chi connectivity index (χ2n) is 31.7. The maximum atomic E-state index is 7.17. The maximum absolute atomic E-state index is 7.17. The van der Waals surface area contributed by atoms with Crippen LogP contribution in [-0.2, 0) is 0 Å². The summed E-state index contributed by atoms with van der Waals surface area (Å²) in [6.45, 7) is 78.1. The van der Waals surface area contributed by atoms with E-state index in [1.54, 1.807) is 31.8 Å². The number of thiocarbonyl (C=S) groups is 1. The largest absolute Gasteiger partial charge is 0.0788 e. The lowest BCUT2D eigenvalue weighted by Gasteiger charge is -2.37. The van der Waals surface area contributed by atoms with Crippen LogP contribution < -0.4 is 31.8 Å². The topological polar surface area (TPSA) is 0 Å². The average molecular weight is 1240 g/mol. The Morgan fingerprint density at radius 2 is 0.307 bits per heavy atom. The van der Waals surface area contributed by atoms with Gasteiger partial charge in [-0.1, -0.05) is 282 Å². The fraction of sp³-hybridized carbons (Fsp3) is 0.565. The Morgan fingerprint density at radius 3 is 0.409 bits per heavy atom. The fourth-order valence-electron chi connectivity index (χ4n) is 13.4. The number of benzene rings is 6. The highest BCUT2D eigenvalue weighted by Gasteiger charge is 2.38. The van der Waals surface area contributed by atoms with Crippen molar-refractivity contribution in [3.05, 3.63) is 173 Å². The van der Waals surface area contributed by atoms with Crippen molar-refractivity contribution in [2.24, 2.45) is 0 Å². The van der Waals surface area contributed by atoms with Crippen LogP contribution in [-0.4, -0.2) is 4.86 Å². The molecule has 0 aliphatic heterocycles. The van der Waals surface area contributed by atoms with Gasteiger partial charge in [-0.25, -0.2) is 0 Å². The minimum atomic E-state index is -1.08. The van der Waals surface area contributed by atoms with E-state index in [4.69, 9.17) is 12.2 Å². The van der Waals surface area contributed by atoms with Crippen LogP contribution in [0.15, 0.2) is 72.8 Å². The van der Waals surface area contributed by atoms with Crippen molar-refractivity contribution in [3.8, 4) is 0 Å². The Morgan fingerprint density at radius 1 is 0.193 bits per heavy atom. The Balaban J connectivity index is 1.86. The Bertz CT molecular complexity index is 2860. The molecule has 6 aromatic rings. The fourth-order valence-corrected chi connectivity index (χ4v) is 22.0. The molecule has 0 aromatic heterocycles. The van der Waals surface area contributed by atoms with Crippen LogP contribution in [0.5, 0.6) is 0 Å². The molecule has 0 saturated heterocycles. The van der Waals surface area contributed by atoms with Crippen LogP contribution in [0.25, 0.3) is 0 Å². The standard InChI is InChI=1S/C85H124P2S/c1-45(2)61-33-67(49(9)10)79(68(34-61)50(11)12)86(80-69(51(13)14)35-62(46(3)4)36-70(80)52(15)16)83-75(57(25)26)41-65(42-76(83)58(27)28)85(88)66-43-77(59(29)30)84(78(44-66)60(31)32)87(81-71(53(17)18)37-63(47(5)6)38-72(81)54(19)20)82-73(55(21)22)39-64(48(7)8)40-74(82)56(23)24/h33-60H,1-32H3. The van der Waals surface area contributed by atoms with Crippen LogP contribution >= 0.6 is 28.1 Å². The van der Waals surface area contributed by atoms with Gasteiger partial charge in [0.15, 0.2) is 0 Å². The summed E-state index contributed by atoms with van der Waals surface area (Å²) in [6.07, 6.45) is 0. The van der Waals surface area contributed by atoms with Gasteiger partial charge in [-0.05, 0) is 267 Å². The summed E-state index contributed by atoms with van der Waals surface area (Å²) in [5.41, 5.74) is 26.2. The second kappa shape index (κ2) is 29.9. The highest BCUT2D eigenvalue weighted by molar-refractivity contribution is 7.81. The molecule has 0 radical (unpaired) electrons. The molecule has 6 rings (SSSR count). The molecule has 0 aliphatic carbocycles. The van der Waals surface area contributed by atoms with Crippen molar-refractivity contribution in [2.45, 2.75) is 316 Å². The summed E-state index contributed by atoms with van der Waals surface area (Å²) in [6, 6.07) is 31.4. The van der Waals surface area contributed by atoms with Gasteiger partial charge in [0.1, 0.15) is 0 Å². The van der Waals surface area contributed by atoms with Gasteiger partial charge in [0.05, 0.1) is 4.86 Å². The van der Waals surface area contributed by atoms with Crippen molar-refractivity contribution in [2.75, 3.05) is 0 Å². The molecule has 480 valence electrons. The smallest absolute Gasteiger partial charge is 0.0522 e. The van der Waals surface area contributed by atoms with Crippen molar-refractivity contribution < 1.29 is 0 Å². The average Bonchev–Trinajstić information content (AvgIpc) is 3.43. The third-order valence-electron chi connectivity index (χ3n) is 19.1. The van der Waals surface area contributed by atoms with Gasteiger partial charge in [-0.2, -0.15) is 0 Å². The first kappa shape index (κ1) is 73.3. The van der Waals surface area contributed by atoms with Gasteiger partial charge in [0, 0.05) is 0 Å². The van der Waals surface area contributed by atoms with Crippen molar-refractivity contribution >= 4 is 64.8 Å². The van der Waals surface area contributed by atoms with Crippen LogP contribution in [0.1, 0.15) is 416 Å². The predicted octanol–water partition coefficient (Wildman–Crippen LogP) is 24.9. The summed E-state index contributed by atoms with van der Waals surface area (Å²) < 4.78 is 0. The summed E-state index contributed by atoms with van der Waals surface area (Å²) in [5.74, 6) is 5.55. The Labute approximate surface area is 550 Å². The monoisotopic (exact) mass is 1240 g/mol. The van der Waals surface area contributed by atoms with E-state index in [0.717, 1.165) is 4.86 Å². The summed E-state index contributed by atoms with van der Waals surface area (Å²) in [4.78, 5) is 0.970. The molecule has 88 heavy (non-hydrogen) atoms. The molecule has 0 fully saturated rings. The van der Waals surface area contributed by atoms with Gasteiger partial charge in [-0.3, -0.25) is 0 Å². The number of rotatable bonds is 24. The van der Waals surface area contributed by atoms with E-state index in [9.17, 15) is 0 Å². The third-order valence-corrected chi connectivity index (χ3v) is 25.4. The Kier molecular flexibility index (Phi) is 24.9. The molecule has 0 saturated carbocycles. The van der Waals surface area contributed by atoms with E-state index < -0.39 is 15.8 Å². The number of hydrogen-bond acceptors (Lipinski definition) is 1. The number of hydrogen-bond donors (Lipinski definition) is 0. The zero-order chi connectivity index (χ0) is 66.3. The van der Waals surface area contributed by atoms with Crippen LogP contribution in [0, 0.1) is 0 Å². The first-order valence-corrected chi connectivity index (χ1v) is 38.2. The zero-order valence-corrected chi connectivity index (χ0v) is 64.6. The van der Waals surface area contributed by atoms with E-state index in [2.05, 4.69) is 294 Å². The van der Waals surface area contributed by atoms with E-state index in [0.29, 0.717) is 71.0 Å². The molecule has 0 heterocycles. The molecule has 0 atom stereocenters. The summed E-state index contributed by atoms with van der Waals surface area (Å²) >= 11 is 7.17. The minimum absolute atomic E-state index is 0.253. The molecule has 0 unspecified atom stereocenters. The molecule has 0 N–H and O–H groups in total. The van der Waals surface area contributed by atoms with Crippen molar-refractivity contribution in [1.82, 2.24) is 0 Å². The van der Waals surface area contributed by atoms with Crippen molar-refractivity contribution in [3.63, 3.8) is 0 Å². The normalized spacial score (nSPS) is 12.8. The van der Waals surface area contributed by atoms with Crippen LogP contribution in [0.2, 0.25) is 0 Å². The highest BCUT2D eigenvalue weighted by Crippen LogP contribution is 2.51. The van der Waals surface area contributed by atoms with Gasteiger partial charge < -0.3 is 0 Å². The third kappa shape index (κ3) is 15.3. The molecule has 0 aliphatic rings. The summed E-state index contributed by atoms with van der Waals surface area (Å²) in [7, 11) is -2.16. The molecular weight excluding hydrogens is 1110 g/mol. The second-order valence-corrected chi connectivity index (χ2v) is 36.1. The Hall–Kier alpha value is -3.73. The molecule has 3 heteroatoms. The first-order chi connectivity index (χ1) is 40.9. The molecule has 0 bridgehead atoms. The van der Waals surface area contributed by atoms with E-state index in [-0.39, 0.29) is 23.7 Å². The lowest BCUT2D eigenvalue weighted by molar-refractivity contribution is 0.810. The first-order valence-electron chi connectivity index (χ1n) is 35.1. The zero-order valence-electron chi connectivity index (χ0n) is 62.0. The molecule has 0 nitrogen and oxygen atoms in total. The van der Waals surface area contributed by atoms with Crippen LogP contribution in [0.3, 0.4) is 0 Å². The minimum Gasteiger partial charge on any atom is -0.0788 e. The van der Waals surface area contributed by atoms with Gasteiger partial charge in [0.25, 0.3) is 0 Å². The lowest BCUT2D eigenvalue weighted by atomic mass is 9.88. The molecule has 0 spiro atoms. The quantitative estimate of drug-likeness (QED) is 0.0331. The lowest BCUT2D eigenvalue weighted by Crippen LogP contribution is -2.36. The van der Waals surface area contributed by atoms with Gasteiger partial charge >= 0.3 is 0 Å². The SMILES string of the molecule is CC(C)c1cc(C(C)C)c(P(c2c(C(C)C)cc(C(=S)c3cc(C(C)C)c(P(c4c(C(C)C)cc(C(C)C)cc4C(C)C)c4c(C(C)C)cc(C(C)C)cc4C(C)C)c(C(C)C)c3)cc2C(C)C)c2c(C(C)C)cc(C(C)C)cc2C(C)C)c(C(C)C)c1. The predicted molar refractivity (Wildman–Crippen MR) is 407 cm³/mol. The van der Waals surface area contributed by atoms with Crippen molar-refractivity contribution in [1.29, 1.82) is 0 Å². The van der Waals surface area contributed by atoms with E-state index in [1.807, 2.05) is 0 Å². The van der Waals surface area contributed by atoms with Gasteiger partial charge in [0.2, 0.25) is 0 Å². The molecule has 0 amide bonds. The molecule has 6 aromatic carbocycles. The molecular formula is C85H124P2S. The van der Waals surface area contributed by atoms with Gasteiger partial charge in [-0.15, -0.1) is 0 Å². The van der Waals surface area contributed by atoms with E-state index in [1.165, 1.54) is 100 Å². The highest BCUT2D eigenvalue weighted by atomic mass is 32.1.